The van der Waals surface area contributed by atoms with E-state index in [9.17, 15) is 10.1 Å². The third-order valence-electron chi connectivity index (χ3n) is 4.04. The molecular formula is C15H18N4O4. The Kier molecular flexibility index (Phi) is 4.14. The maximum atomic E-state index is 11.0. The van der Waals surface area contributed by atoms with Gasteiger partial charge in [-0.2, -0.15) is 4.98 Å². The van der Waals surface area contributed by atoms with E-state index in [1.165, 1.54) is 13.2 Å². The van der Waals surface area contributed by atoms with Crippen LogP contribution in [-0.2, 0) is 0 Å². The lowest BCUT2D eigenvalue weighted by Crippen LogP contribution is -2.34. The second-order valence-electron chi connectivity index (χ2n) is 5.58. The fourth-order valence-corrected chi connectivity index (χ4v) is 2.91. The van der Waals surface area contributed by atoms with Gasteiger partial charge >= 0.3 is 5.69 Å². The van der Waals surface area contributed by atoms with Crippen molar-refractivity contribution in [2.75, 3.05) is 25.1 Å². The molecule has 0 N–H and O–H groups in total. The maximum Gasteiger partial charge on any atom is 0.311 e. The van der Waals surface area contributed by atoms with E-state index < -0.39 is 4.92 Å². The van der Waals surface area contributed by atoms with E-state index in [1.807, 2.05) is 0 Å². The number of aryl methyl sites for hydroxylation is 1. The van der Waals surface area contributed by atoms with Crippen LogP contribution in [0.4, 0.5) is 11.4 Å². The van der Waals surface area contributed by atoms with Gasteiger partial charge in [-0.1, -0.05) is 5.16 Å². The number of hydrogen-bond donors (Lipinski definition) is 0. The molecule has 1 aliphatic heterocycles. The van der Waals surface area contributed by atoms with Gasteiger partial charge in [-0.05, 0) is 25.8 Å². The van der Waals surface area contributed by atoms with Crippen LogP contribution in [0.5, 0.6) is 5.75 Å². The Bertz CT molecular complexity index is 715. The molecule has 3 rings (SSSR count). The molecular weight excluding hydrogens is 300 g/mol. The average Bonchev–Trinajstić information content (AvgIpc) is 3.01. The van der Waals surface area contributed by atoms with Gasteiger partial charge in [-0.15, -0.1) is 0 Å². The third-order valence-corrected chi connectivity index (χ3v) is 4.04. The molecule has 0 aliphatic carbocycles. The summed E-state index contributed by atoms with van der Waals surface area (Å²) in [7, 11) is 1.44. The van der Waals surface area contributed by atoms with Crippen LogP contribution in [0.25, 0.3) is 0 Å². The molecule has 0 amide bonds. The Hall–Kier alpha value is -2.64. The number of hydrogen-bond acceptors (Lipinski definition) is 7. The Morgan fingerprint density at radius 2 is 2.30 bits per heavy atom. The zero-order valence-corrected chi connectivity index (χ0v) is 13.1. The first-order valence-corrected chi connectivity index (χ1v) is 7.46. The fourth-order valence-electron chi connectivity index (χ4n) is 2.91. The Balaban J connectivity index is 1.82. The van der Waals surface area contributed by atoms with Gasteiger partial charge in [0.15, 0.2) is 11.6 Å². The molecule has 2 aromatic rings. The quantitative estimate of drug-likeness (QED) is 0.631. The molecule has 8 heteroatoms. The standard InChI is InChI=1S/C15H18N4O4/c1-10-16-15(23-17-10)11-4-3-7-18(9-11)12-5-6-13(19(20)21)14(8-12)22-2/h5-6,8,11H,3-4,7,9H2,1-2H3/t11-/m0/s1. The summed E-state index contributed by atoms with van der Waals surface area (Å²) >= 11 is 0. The van der Waals surface area contributed by atoms with Gasteiger partial charge in [0.1, 0.15) is 0 Å². The molecule has 2 heterocycles. The number of methoxy groups -OCH3 is 1. The molecule has 0 unspecified atom stereocenters. The zero-order chi connectivity index (χ0) is 16.4. The number of nitro groups is 1. The largest absolute Gasteiger partial charge is 0.490 e. The van der Waals surface area contributed by atoms with Crippen LogP contribution in [0.3, 0.4) is 0 Å². The van der Waals surface area contributed by atoms with Crippen molar-refractivity contribution in [3.63, 3.8) is 0 Å². The third kappa shape index (κ3) is 3.10. The molecule has 0 saturated carbocycles. The van der Waals surface area contributed by atoms with E-state index in [2.05, 4.69) is 15.0 Å². The summed E-state index contributed by atoms with van der Waals surface area (Å²) in [5.74, 6) is 1.73. The zero-order valence-electron chi connectivity index (χ0n) is 13.1. The lowest BCUT2D eigenvalue weighted by atomic mass is 9.97. The van der Waals surface area contributed by atoms with Crippen LogP contribution < -0.4 is 9.64 Å². The van der Waals surface area contributed by atoms with Gasteiger partial charge in [0, 0.05) is 30.9 Å². The average molecular weight is 318 g/mol. The number of nitrogens with zero attached hydrogens (tertiary/aromatic N) is 4. The highest BCUT2D eigenvalue weighted by Gasteiger charge is 2.27. The van der Waals surface area contributed by atoms with Crippen molar-refractivity contribution >= 4 is 11.4 Å². The first-order chi connectivity index (χ1) is 11.1. The van der Waals surface area contributed by atoms with Crippen molar-refractivity contribution in [2.24, 2.45) is 0 Å². The molecule has 122 valence electrons. The second-order valence-corrected chi connectivity index (χ2v) is 5.58. The Labute approximate surface area is 133 Å². The molecule has 1 saturated heterocycles. The van der Waals surface area contributed by atoms with E-state index in [0.717, 1.165) is 31.6 Å². The van der Waals surface area contributed by atoms with Crippen molar-refractivity contribution < 1.29 is 14.2 Å². The lowest BCUT2D eigenvalue weighted by Gasteiger charge is -2.32. The summed E-state index contributed by atoms with van der Waals surface area (Å²) in [5, 5.41) is 14.8. The van der Waals surface area contributed by atoms with Crippen molar-refractivity contribution in [2.45, 2.75) is 25.7 Å². The van der Waals surface area contributed by atoms with Crippen molar-refractivity contribution in [1.82, 2.24) is 10.1 Å². The number of nitro benzene ring substituents is 1. The van der Waals surface area contributed by atoms with E-state index in [4.69, 9.17) is 9.26 Å². The van der Waals surface area contributed by atoms with Crippen LogP contribution in [0.15, 0.2) is 22.7 Å². The monoisotopic (exact) mass is 318 g/mol. The number of benzene rings is 1. The van der Waals surface area contributed by atoms with Gasteiger partial charge < -0.3 is 14.2 Å². The highest BCUT2D eigenvalue weighted by atomic mass is 16.6. The minimum Gasteiger partial charge on any atom is -0.490 e. The van der Waals surface area contributed by atoms with Crippen LogP contribution >= 0.6 is 0 Å². The smallest absolute Gasteiger partial charge is 0.311 e. The molecule has 1 fully saturated rings. The summed E-state index contributed by atoms with van der Waals surface area (Å²) in [6.07, 6.45) is 1.98. The van der Waals surface area contributed by atoms with Gasteiger partial charge in [0.05, 0.1) is 18.0 Å². The molecule has 1 aromatic carbocycles. The number of piperidine rings is 1. The SMILES string of the molecule is COc1cc(N2CCC[C@H](c3nc(C)no3)C2)ccc1[N+](=O)[O-]. The van der Waals surface area contributed by atoms with E-state index in [0.29, 0.717) is 11.7 Å². The van der Waals surface area contributed by atoms with Crippen molar-refractivity contribution in [1.29, 1.82) is 0 Å². The molecule has 0 bridgehead atoms. The predicted molar refractivity (Wildman–Crippen MR) is 82.9 cm³/mol. The molecule has 0 spiro atoms. The second kappa shape index (κ2) is 6.23. The first kappa shape index (κ1) is 15.3. The number of aromatic nitrogens is 2. The number of rotatable bonds is 4. The Morgan fingerprint density at radius 1 is 1.48 bits per heavy atom. The Morgan fingerprint density at radius 3 is 2.96 bits per heavy atom. The highest BCUT2D eigenvalue weighted by Crippen LogP contribution is 2.34. The van der Waals surface area contributed by atoms with Crippen molar-refractivity contribution in [3.8, 4) is 5.75 Å². The molecule has 23 heavy (non-hydrogen) atoms. The van der Waals surface area contributed by atoms with E-state index in [1.54, 1.807) is 19.1 Å². The molecule has 1 aliphatic rings. The maximum absolute atomic E-state index is 11.0. The van der Waals surface area contributed by atoms with Gasteiger partial charge in [-0.25, -0.2) is 0 Å². The minimum atomic E-state index is -0.442. The molecule has 0 radical (unpaired) electrons. The van der Waals surface area contributed by atoms with Crippen LogP contribution in [0, 0.1) is 17.0 Å². The number of anilines is 1. The van der Waals surface area contributed by atoms with E-state index >= 15 is 0 Å². The van der Waals surface area contributed by atoms with Gasteiger partial charge in [0.25, 0.3) is 0 Å². The predicted octanol–water partition coefficient (Wildman–Crippen LogP) is 2.68. The number of ether oxygens (including phenoxy) is 1. The van der Waals surface area contributed by atoms with Crippen LogP contribution in [-0.4, -0.2) is 35.3 Å². The van der Waals surface area contributed by atoms with Crippen molar-refractivity contribution in [3.05, 3.63) is 40.0 Å². The summed E-state index contributed by atoms with van der Waals surface area (Å²) in [5.41, 5.74) is 0.866. The summed E-state index contributed by atoms with van der Waals surface area (Å²) in [4.78, 5) is 17.0. The topological polar surface area (TPSA) is 94.5 Å². The molecule has 8 nitrogen and oxygen atoms in total. The van der Waals surface area contributed by atoms with Gasteiger partial charge in [-0.3, -0.25) is 10.1 Å². The molecule has 1 atom stereocenters. The summed E-state index contributed by atoms with van der Waals surface area (Å²) < 4.78 is 10.4. The summed E-state index contributed by atoms with van der Waals surface area (Å²) in [6.45, 7) is 3.42. The minimum absolute atomic E-state index is 0.0302. The normalized spacial score (nSPS) is 18.0. The van der Waals surface area contributed by atoms with E-state index in [-0.39, 0.29) is 17.4 Å². The van der Waals surface area contributed by atoms with Crippen LogP contribution in [0.1, 0.15) is 30.5 Å². The fraction of sp³-hybridized carbons (Fsp3) is 0.467. The summed E-state index contributed by atoms with van der Waals surface area (Å²) in [6, 6.07) is 4.94. The highest BCUT2D eigenvalue weighted by molar-refractivity contribution is 5.59. The molecule has 1 aromatic heterocycles. The first-order valence-electron chi connectivity index (χ1n) is 7.46. The lowest BCUT2D eigenvalue weighted by molar-refractivity contribution is -0.385. The van der Waals surface area contributed by atoms with Crippen LogP contribution in [0.2, 0.25) is 0 Å². The van der Waals surface area contributed by atoms with Gasteiger partial charge in [0.2, 0.25) is 5.89 Å².